The number of furan rings is 1. The molecule has 0 unspecified atom stereocenters. The molecule has 2 heterocycles. The Hall–Kier alpha value is -6.10. The summed E-state index contributed by atoms with van der Waals surface area (Å²) in [7, 11) is 0. The third kappa shape index (κ3) is 3.47. The number of benzene rings is 6. The van der Waals surface area contributed by atoms with E-state index in [9.17, 15) is 10.5 Å². The Bertz CT molecular complexity index is 2390. The van der Waals surface area contributed by atoms with Crippen molar-refractivity contribution in [1.82, 2.24) is 4.57 Å². The molecule has 4 nitrogen and oxygen atoms in total. The van der Waals surface area contributed by atoms with E-state index in [0.717, 1.165) is 60.9 Å². The fraction of sp³-hybridized carbons (Fsp3) is 0. The standard InChI is InChI=1S/C38H21N3O/c39-22-24-18-19-36-32(20-24)31-14-7-13-28(38(31)42-36)25-8-5-9-26(21-25)37-27(23-40)10-6-17-35(37)41-33-15-3-1-11-29(33)30-12-2-4-16-34(30)41/h1-21H. The van der Waals surface area contributed by atoms with E-state index in [-0.39, 0.29) is 0 Å². The van der Waals surface area contributed by atoms with Crippen LogP contribution in [0.4, 0.5) is 0 Å². The van der Waals surface area contributed by atoms with Gasteiger partial charge in [0.2, 0.25) is 0 Å². The first-order chi connectivity index (χ1) is 20.7. The van der Waals surface area contributed by atoms with Crippen LogP contribution in [0.2, 0.25) is 0 Å². The molecule has 0 spiro atoms. The second-order valence-corrected chi connectivity index (χ2v) is 10.4. The summed E-state index contributed by atoms with van der Waals surface area (Å²) in [5.74, 6) is 0. The van der Waals surface area contributed by atoms with Crippen LogP contribution in [0.5, 0.6) is 0 Å². The average Bonchev–Trinajstić information content (AvgIpc) is 3.60. The third-order valence-electron chi connectivity index (χ3n) is 8.07. The number of para-hydroxylation sites is 3. The molecule has 42 heavy (non-hydrogen) atoms. The van der Waals surface area contributed by atoms with Gasteiger partial charge in [0, 0.05) is 32.7 Å². The van der Waals surface area contributed by atoms with Gasteiger partial charge in [0.1, 0.15) is 11.2 Å². The Balaban J connectivity index is 1.38. The zero-order chi connectivity index (χ0) is 28.2. The van der Waals surface area contributed by atoms with Crippen LogP contribution in [0.25, 0.3) is 71.7 Å². The van der Waals surface area contributed by atoms with Gasteiger partial charge in [-0.05, 0) is 59.7 Å². The van der Waals surface area contributed by atoms with Crippen LogP contribution in [-0.2, 0) is 0 Å². The zero-order valence-electron chi connectivity index (χ0n) is 22.4. The molecule has 0 bridgehead atoms. The van der Waals surface area contributed by atoms with Crippen LogP contribution in [-0.4, -0.2) is 4.57 Å². The molecule has 8 aromatic rings. The molecule has 194 valence electrons. The normalized spacial score (nSPS) is 11.3. The molecular weight excluding hydrogens is 514 g/mol. The SMILES string of the molecule is N#Cc1ccc2oc3c(-c4cccc(-c5c(C#N)cccc5-n5c6ccccc6c6ccccc65)c4)cccc3c2c1. The molecule has 6 aromatic carbocycles. The second-order valence-electron chi connectivity index (χ2n) is 10.4. The lowest BCUT2D eigenvalue weighted by atomic mass is 9.94. The van der Waals surface area contributed by atoms with E-state index in [1.807, 2.05) is 42.5 Å². The van der Waals surface area contributed by atoms with Crippen LogP contribution in [0.3, 0.4) is 0 Å². The molecule has 0 saturated heterocycles. The number of hydrogen-bond acceptors (Lipinski definition) is 3. The third-order valence-corrected chi connectivity index (χ3v) is 8.07. The highest BCUT2D eigenvalue weighted by molar-refractivity contribution is 6.11. The van der Waals surface area contributed by atoms with E-state index >= 15 is 0 Å². The molecule has 0 aliphatic carbocycles. The molecular formula is C38H21N3O. The molecule has 4 heteroatoms. The second kappa shape index (κ2) is 9.24. The summed E-state index contributed by atoms with van der Waals surface area (Å²) in [4.78, 5) is 0. The minimum absolute atomic E-state index is 0.600. The fourth-order valence-corrected chi connectivity index (χ4v) is 6.24. The van der Waals surface area contributed by atoms with Crippen molar-refractivity contribution in [2.24, 2.45) is 0 Å². The van der Waals surface area contributed by atoms with Crippen molar-refractivity contribution in [2.75, 3.05) is 0 Å². The van der Waals surface area contributed by atoms with E-state index in [0.29, 0.717) is 11.1 Å². The largest absolute Gasteiger partial charge is 0.455 e. The van der Waals surface area contributed by atoms with Gasteiger partial charge in [0.05, 0.1) is 40.0 Å². The highest BCUT2D eigenvalue weighted by atomic mass is 16.3. The minimum Gasteiger partial charge on any atom is -0.455 e. The molecule has 0 N–H and O–H groups in total. The number of fused-ring (bicyclic) bond motifs is 6. The van der Waals surface area contributed by atoms with Crippen molar-refractivity contribution < 1.29 is 4.42 Å². The highest BCUT2D eigenvalue weighted by Gasteiger charge is 2.19. The summed E-state index contributed by atoms with van der Waals surface area (Å²) in [6, 6.07) is 47.3. The van der Waals surface area contributed by atoms with E-state index in [2.05, 4.69) is 95.6 Å². The van der Waals surface area contributed by atoms with E-state index in [4.69, 9.17) is 4.42 Å². The van der Waals surface area contributed by atoms with Crippen LogP contribution in [0.15, 0.2) is 132 Å². The van der Waals surface area contributed by atoms with Crippen LogP contribution >= 0.6 is 0 Å². The summed E-state index contributed by atoms with van der Waals surface area (Å²) >= 11 is 0. The fourth-order valence-electron chi connectivity index (χ4n) is 6.24. The first-order valence-corrected chi connectivity index (χ1v) is 13.7. The molecule has 0 saturated carbocycles. The van der Waals surface area contributed by atoms with Gasteiger partial charge in [-0.3, -0.25) is 0 Å². The minimum atomic E-state index is 0.600. The number of rotatable bonds is 3. The zero-order valence-corrected chi connectivity index (χ0v) is 22.4. The Morgan fingerprint density at radius 1 is 0.548 bits per heavy atom. The highest BCUT2D eigenvalue weighted by Crippen LogP contribution is 2.40. The molecule has 0 atom stereocenters. The van der Waals surface area contributed by atoms with E-state index < -0.39 is 0 Å². The maximum Gasteiger partial charge on any atom is 0.143 e. The quantitative estimate of drug-likeness (QED) is 0.226. The Morgan fingerprint density at radius 3 is 2.00 bits per heavy atom. The summed E-state index contributed by atoms with van der Waals surface area (Å²) in [6.45, 7) is 0. The smallest absolute Gasteiger partial charge is 0.143 e. The summed E-state index contributed by atoms with van der Waals surface area (Å²) in [6.07, 6.45) is 0. The van der Waals surface area contributed by atoms with Crippen LogP contribution in [0, 0.1) is 22.7 Å². The van der Waals surface area contributed by atoms with Crippen molar-refractivity contribution in [3.05, 3.63) is 139 Å². The van der Waals surface area contributed by atoms with Gasteiger partial charge in [-0.15, -0.1) is 0 Å². The molecule has 8 rings (SSSR count). The lowest BCUT2D eigenvalue weighted by Gasteiger charge is -2.16. The number of hydrogen-bond donors (Lipinski definition) is 0. The van der Waals surface area contributed by atoms with Crippen LogP contribution < -0.4 is 0 Å². The predicted octanol–water partition coefficient (Wildman–Crippen LogP) is 9.76. The Morgan fingerprint density at radius 2 is 1.24 bits per heavy atom. The molecule has 0 amide bonds. The van der Waals surface area contributed by atoms with Gasteiger partial charge >= 0.3 is 0 Å². The summed E-state index contributed by atoms with van der Waals surface area (Å²) in [5, 5.41) is 23.9. The number of nitrogens with zero attached hydrogens (tertiary/aromatic N) is 3. The monoisotopic (exact) mass is 535 g/mol. The first-order valence-electron chi connectivity index (χ1n) is 13.7. The Kier molecular flexibility index (Phi) is 5.22. The maximum atomic E-state index is 10.3. The lowest BCUT2D eigenvalue weighted by Crippen LogP contribution is -1.99. The lowest BCUT2D eigenvalue weighted by molar-refractivity contribution is 0.670. The summed E-state index contributed by atoms with van der Waals surface area (Å²) in [5.41, 5.74) is 9.63. The van der Waals surface area contributed by atoms with Gasteiger partial charge in [-0.2, -0.15) is 10.5 Å². The Labute approximate surface area is 241 Å². The maximum absolute atomic E-state index is 10.3. The molecule has 0 aliphatic rings. The number of aromatic nitrogens is 1. The molecule has 2 aromatic heterocycles. The first kappa shape index (κ1) is 23.8. The summed E-state index contributed by atoms with van der Waals surface area (Å²) < 4.78 is 8.61. The van der Waals surface area contributed by atoms with E-state index in [1.54, 1.807) is 6.07 Å². The predicted molar refractivity (Wildman–Crippen MR) is 168 cm³/mol. The van der Waals surface area contributed by atoms with Gasteiger partial charge in [-0.25, -0.2) is 0 Å². The van der Waals surface area contributed by atoms with Crippen molar-refractivity contribution in [2.45, 2.75) is 0 Å². The van der Waals surface area contributed by atoms with Gasteiger partial charge in [0.25, 0.3) is 0 Å². The average molecular weight is 536 g/mol. The topological polar surface area (TPSA) is 65.7 Å². The molecule has 0 aliphatic heterocycles. The van der Waals surface area contributed by atoms with Gasteiger partial charge < -0.3 is 8.98 Å². The van der Waals surface area contributed by atoms with Crippen molar-refractivity contribution in [3.8, 4) is 40.1 Å². The van der Waals surface area contributed by atoms with Gasteiger partial charge in [-0.1, -0.05) is 78.9 Å². The number of nitriles is 2. The molecule has 0 radical (unpaired) electrons. The molecule has 0 fully saturated rings. The van der Waals surface area contributed by atoms with E-state index in [1.165, 1.54) is 10.8 Å². The van der Waals surface area contributed by atoms with Crippen LogP contribution in [0.1, 0.15) is 11.1 Å². The van der Waals surface area contributed by atoms with Crippen molar-refractivity contribution >= 4 is 43.7 Å². The van der Waals surface area contributed by atoms with Crippen molar-refractivity contribution in [3.63, 3.8) is 0 Å². The van der Waals surface area contributed by atoms with Crippen molar-refractivity contribution in [1.29, 1.82) is 10.5 Å². The van der Waals surface area contributed by atoms with Gasteiger partial charge in [0.15, 0.2) is 0 Å².